The lowest BCUT2D eigenvalue weighted by atomic mass is 10.1. The van der Waals surface area contributed by atoms with Crippen LogP contribution >= 0.6 is 11.9 Å². The van der Waals surface area contributed by atoms with Gasteiger partial charge in [0.1, 0.15) is 17.6 Å². The molecule has 5 nitrogen and oxygen atoms in total. The predicted octanol–water partition coefficient (Wildman–Crippen LogP) is 4.26. The number of benzene rings is 1. The third-order valence-electron chi connectivity index (χ3n) is 5.60. The molecule has 0 spiro atoms. The summed E-state index contributed by atoms with van der Waals surface area (Å²) in [4.78, 5) is 14.5. The molecule has 6 heteroatoms. The highest BCUT2D eigenvalue weighted by atomic mass is 32.2. The van der Waals surface area contributed by atoms with Crippen LogP contribution in [0.1, 0.15) is 55.8 Å². The predicted molar refractivity (Wildman–Crippen MR) is 116 cm³/mol. The van der Waals surface area contributed by atoms with Gasteiger partial charge >= 0.3 is 0 Å². The van der Waals surface area contributed by atoms with Crippen LogP contribution in [0, 0.1) is 0 Å². The van der Waals surface area contributed by atoms with Crippen LogP contribution in [0.4, 0.5) is 0 Å². The Hall–Kier alpha value is -1.24. The number of methoxy groups -OCH3 is 1. The highest BCUT2D eigenvalue weighted by molar-refractivity contribution is 7.97. The third kappa shape index (κ3) is 6.13. The van der Waals surface area contributed by atoms with Crippen molar-refractivity contribution in [3.05, 3.63) is 23.8 Å². The summed E-state index contributed by atoms with van der Waals surface area (Å²) < 4.78 is 14.0. The summed E-state index contributed by atoms with van der Waals surface area (Å²) >= 11 is 1.99. The Morgan fingerprint density at radius 2 is 2.00 bits per heavy atom. The molecule has 2 aliphatic rings. The van der Waals surface area contributed by atoms with Crippen LogP contribution in [-0.4, -0.2) is 66.7 Å². The molecule has 1 aliphatic carbocycles. The lowest BCUT2D eigenvalue weighted by Gasteiger charge is -2.31. The molecule has 1 aromatic rings. The highest BCUT2D eigenvalue weighted by Crippen LogP contribution is 2.29. The molecule has 28 heavy (non-hydrogen) atoms. The Morgan fingerprint density at radius 3 is 2.64 bits per heavy atom. The molecule has 3 rings (SSSR count). The van der Waals surface area contributed by atoms with Gasteiger partial charge in [-0.05, 0) is 57.8 Å². The maximum Gasteiger partial charge on any atom is 0.166 e. The number of ketones is 1. The van der Waals surface area contributed by atoms with Gasteiger partial charge in [0.15, 0.2) is 5.78 Å². The van der Waals surface area contributed by atoms with Gasteiger partial charge < -0.3 is 14.4 Å². The van der Waals surface area contributed by atoms with E-state index in [1.165, 1.54) is 31.6 Å². The normalized spacial score (nSPS) is 18.4. The van der Waals surface area contributed by atoms with Crippen molar-refractivity contribution in [1.82, 2.24) is 9.21 Å². The van der Waals surface area contributed by atoms with Crippen molar-refractivity contribution in [2.45, 2.75) is 57.6 Å². The van der Waals surface area contributed by atoms with Gasteiger partial charge in [0.2, 0.25) is 0 Å². The minimum atomic E-state index is 0.0945. The van der Waals surface area contributed by atoms with Crippen molar-refractivity contribution in [3.63, 3.8) is 0 Å². The number of hydrogen-bond acceptors (Lipinski definition) is 6. The molecule has 1 aromatic carbocycles. The fraction of sp³-hybridized carbons (Fsp3) is 0.682. The van der Waals surface area contributed by atoms with Crippen molar-refractivity contribution in [3.8, 4) is 11.5 Å². The fourth-order valence-corrected chi connectivity index (χ4v) is 4.63. The first kappa shape index (κ1) is 21.5. The van der Waals surface area contributed by atoms with Gasteiger partial charge in [-0.2, -0.15) is 0 Å². The van der Waals surface area contributed by atoms with Crippen LogP contribution < -0.4 is 9.47 Å². The van der Waals surface area contributed by atoms with E-state index in [1.807, 2.05) is 37.1 Å². The maximum absolute atomic E-state index is 12.0. The molecule has 0 aromatic heterocycles. The van der Waals surface area contributed by atoms with Crippen LogP contribution in [0.5, 0.6) is 11.5 Å². The lowest BCUT2D eigenvalue weighted by Crippen LogP contribution is -2.34. The lowest BCUT2D eigenvalue weighted by molar-refractivity contribution is 0.0985. The van der Waals surface area contributed by atoms with Crippen LogP contribution in [0.2, 0.25) is 0 Å². The summed E-state index contributed by atoms with van der Waals surface area (Å²) in [5, 5.41) is 0. The smallest absolute Gasteiger partial charge is 0.166 e. The van der Waals surface area contributed by atoms with Crippen molar-refractivity contribution in [1.29, 1.82) is 0 Å². The van der Waals surface area contributed by atoms with Crippen molar-refractivity contribution >= 4 is 17.7 Å². The zero-order valence-electron chi connectivity index (χ0n) is 17.5. The number of piperidine rings is 1. The number of carbonyl (C=O) groups is 1. The first-order chi connectivity index (χ1) is 13.6. The van der Waals surface area contributed by atoms with E-state index in [2.05, 4.69) is 16.3 Å². The van der Waals surface area contributed by atoms with E-state index in [1.54, 1.807) is 7.11 Å². The standard InChI is InChI=1S/C22H34N2O3S/c1-4-21(25)20-9-8-19(16-22(20)26-3)27-18-10-13-24(14-11-18)28-15-5-12-23(2)17-6-7-17/h8-9,16-18H,4-7,10-15H2,1-3H3. The Kier molecular flexibility index (Phi) is 8.06. The third-order valence-corrected chi connectivity index (χ3v) is 6.80. The molecule has 1 aliphatic heterocycles. The molecule has 0 N–H and O–H groups in total. The molecule has 1 heterocycles. The van der Waals surface area contributed by atoms with E-state index in [0.29, 0.717) is 17.7 Å². The maximum atomic E-state index is 12.0. The average molecular weight is 407 g/mol. The topological polar surface area (TPSA) is 42.0 Å². The quantitative estimate of drug-likeness (QED) is 0.311. The van der Waals surface area contributed by atoms with Gasteiger partial charge in [0.05, 0.1) is 12.7 Å². The van der Waals surface area contributed by atoms with Crippen LogP contribution in [0.25, 0.3) is 0 Å². The fourth-order valence-electron chi connectivity index (χ4n) is 3.64. The van der Waals surface area contributed by atoms with Crippen LogP contribution in [0.3, 0.4) is 0 Å². The largest absolute Gasteiger partial charge is 0.496 e. The molecule has 2 fully saturated rings. The van der Waals surface area contributed by atoms with E-state index in [9.17, 15) is 4.79 Å². The highest BCUT2D eigenvalue weighted by Gasteiger charge is 2.25. The summed E-state index contributed by atoms with van der Waals surface area (Å²) in [5.41, 5.74) is 0.635. The molecular weight excluding hydrogens is 372 g/mol. The summed E-state index contributed by atoms with van der Waals surface area (Å²) in [6, 6.07) is 6.43. The monoisotopic (exact) mass is 406 g/mol. The van der Waals surface area contributed by atoms with Crippen molar-refractivity contribution < 1.29 is 14.3 Å². The molecular formula is C22H34N2O3S. The van der Waals surface area contributed by atoms with Crippen molar-refractivity contribution in [2.24, 2.45) is 0 Å². The zero-order chi connectivity index (χ0) is 19.9. The SMILES string of the molecule is CCC(=O)c1ccc(OC2CCN(SCCCN(C)C3CC3)CC2)cc1OC. The molecule has 156 valence electrons. The summed E-state index contributed by atoms with van der Waals surface area (Å²) in [6.07, 6.45) is 6.82. The van der Waals surface area contributed by atoms with Gasteiger partial charge in [-0.25, -0.2) is 0 Å². The van der Waals surface area contributed by atoms with E-state index in [-0.39, 0.29) is 11.9 Å². The second-order valence-electron chi connectivity index (χ2n) is 7.78. The molecule has 0 bridgehead atoms. The molecule has 1 saturated heterocycles. The molecule has 0 amide bonds. The number of carbonyl (C=O) groups excluding carboxylic acids is 1. The van der Waals surface area contributed by atoms with Crippen LogP contribution in [-0.2, 0) is 0 Å². The van der Waals surface area contributed by atoms with Gasteiger partial charge in [-0.1, -0.05) is 18.9 Å². The van der Waals surface area contributed by atoms with E-state index in [0.717, 1.165) is 37.7 Å². The summed E-state index contributed by atoms with van der Waals surface area (Å²) in [5.74, 6) is 2.69. The Labute approximate surface area is 173 Å². The van der Waals surface area contributed by atoms with Crippen molar-refractivity contribution in [2.75, 3.05) is 39.5 Å². The van der Waals surface area contributed by atoms with Gasteiger partial charge in [0, 0.05) is 37.4 Å². The number of rotatable bonds is 11. The van der Waals surface area contributed by atoms with Gasteiger partial charge in [-0.3, -0.25) is 9.10 Å². The number of ether oxygens (including phenoxy) is 2. The number of Topliss-reactive ketones (excluding diaryl/α,β-unsaturated/α-hetero) is 1. The van der Waals surface area contributed by atoms with E-state index >= 15 is 0 Å². The van der Waals surface area contributed by atoms with Gasteiger partial charge in [-0.15, -0.1) is 0 Å². The number of nitrogens with zero attached hydrogens (tertiary/aromatic N) is 2. The molecule has 0 unspecified atom stereocenters. The Bertz CT molecular complexity index is 643. The summed E-state index contributed by atoms with van der Waals surface area (Å²) in [7, 11) is 3.86. The zero-order valence-corrected chi connectivity index (χ0v) is 18.3. The van der Waals surface area contributed by atoms with E-state index < -0.39 is 0 Å². The Morgan fingerprint density at radius 1 is 1.25 bits per heavy atom. The van der Waals surface area contributed by atoms with Gasteiger partial charge in [0.25, 0.3) is 0 Å². The molecule has 0 radical (unpaired) electrons. The first-order valence-corrected chi connectivity index (χ1v) is 11.5. The second-order valence-corrected chi connectivity index (χ2v) is 8.97. The minimum Gasteiger partial charge on any atom is -0.496 e. The average Bonchev–Trinajstić information content (AvgIpc) is 3.57. The Balaban J connectivity index is 1.38. The molecule has 0 atom stereocenters. The van der Waals surface area contributed by atoms with E-state index in [4.69, 9.17) is 9.47 Å². The van der Waals surface area contributed by atoms with Crippen LogP contribution in [0.15, 0.2) is 18.2 Å². The molecule has 1 saturated carbocycles. The first-order valence-electron chi connectivity index (χ1n) is 10.6. The minimum absolute atomic E-state index is 0.0945. The summed E-state index contributed by atoms with van der Waals surface area (Å²) in [6.45, 7) is 5.22. The second kappa shape index (κ2) is 10.5. The number of hydrogen-bond donors (Lipinski definition) is 0.